The van der Waals surface area contributed by atoms with Crippen LogP contribution in [0.2, 0.25) is 0 Å². The van der Waals surface area contributed by atoms with Gasteiger partial charge in [0.15, 0.2) is 0 Å². The first-order chi connectivity index (χ1) is 7.88. The molecule has 1 fully saturated rings. The van der Waals surface area contributed by atoms with E-state index in [1.807, 2.05) is 12.1 Å². The van der Waals surface area contributed by atoms with Crippen LogP contribution in [0.15, 0.2) is 24.3 Å². The maximum Gasteiger partial charge on any atom is 0.0594 e. The fourth-order valence-electron chi connectivity index (χ4n) is 1.95. The summed E-state index contributed by atoms with van der Waals surface area (Å²) in [5, 5.41) is 8.66. The van der Waals surface area contributed by atoms with Gasteiger partial charge in [-0.15, -0.1) is 0 Å². The highest BCUT2D eigenvalue weighted by atomic mass is 16.5. The summed E-state index contributed by atoms with van der Waals surface area (Å²) in [7, 11) is 0. The van der Waals surface area contributed by atoms with Gasteiger partial charge in [-0.25, -0.2) is 5.48 Å². The molecule has 1 aromatic carbocycles. The van der Waals surface area contributed by atoms with Crippen LogP contribution in [0.1, 0.15) is 11.1 Å². The maximum absolute atomic E-state index is 8.66. The first kappa shape index (κ1) is 11.5. The van der Waals surface area contributed by atoms with Gasteiger partial charge < -0.3 is 9.94 Å². The van der Waals surface area contributed by atoms with Crippen LogP contribution in [0.5, 0.6) is 0 Å². The van der Waals surface area contributed by atoms with E-state index in [4.69, 9.17) is 9.94 Å². The van der Waals surface area contributed by atoms with Crippen molar-refractivity contribution in [2.24, 2.45) is 0 Å². The van der Waals surface area contributed by atoms with Gasteiger partial charge in [0.1, 0.15) is 0 Å². The van der Waals surface area contributed by atoms with Gasteiger partial charge in [-0.1, -0.05) is 24.3 Å². The summed E-state index contributed by atoms with van der Waals surface area (Å²) in [5.41, 5.74) is 4.57. The van der Waals surface area contributed by atoms with Crippen molar-refractivity contribution in [3.8, 4) is 0 Å². The van der Waals surface area contributed by atoms with Crippen LogP contribution in [0.4, 0.5) is 0 Å². The number of hydrogen-bond acceptors (Lipinski definition) is 4. The predicted molar refractivity (Wildman–Crippen MR) is 61.2 cm³/mol. The van der Waals surface area contributed by atoms with E-state index in [2.05, 4.69) is 22.5 Å². The first-order valence-corrected chi connectivity index (χ1v) is 5.63. The summed E-state index contributed by atoms with van der Waals surface area (Å²) in [6.45, 7) is 5.13. The van der Waals surface area contributed by atoms with Crippen molar-refractivity contribution in [3.63, 3.8) is 0 Å². The minimum absolute atomic E-state index is 0.497. The van der Waals surface area contributed by atoms with Crippen molar-refractivity contribution in [2.75, 3.05) is 26.3 Å². The Kier molecular flexibility index (Phi) is 4.30. The van der Waals surface area contributed by atoms with Gasteiger partial charge in [-0.2, -0.15) is 0 Å². The molecule has 1 aromatic rings. The lowest BCUT2D eigenvalue weighted by Crippen LogP contribution is -2.35. The standard InChI is InChI=1S/C12H18N2O2/c15-13-9-11-2-1-3-12(8-11)10-14-4-6-16-7-5-14/h1-3,8,13,15H,4-7,9-10H2. The molecule has 1 aliphatic rings. The number of nitrogens with zero attached hydrogens (tertiary/aromatic N) is 1. The number of hydrogen-bond donors (Lipinski definition) is 2. The van der Waals surface area contributed by atoms with Crippen molar-refractivity contribution in [3.05, 3.63) is 35.4 Å². The van der Waals surface area contributed by atoms with Gasteiger partial charge in [0.25, 0.3) is 0 Å². The molecule has 2 N–H and O–H groups in total. The second kappa shape index (κ2) is 5.96. The largest absolute Gasteiger partial charge is 0.379 e. The van der Waals surface area contributed by atoms with Crippen molar-refractivity contribution >= 4 is 0 Å². The van der Waals surface area contributed by atoms with Crippen molar-refractivity contribution in [1.29, 1.82) is 0 Å². The molecule has 0 aromatic heterocycles. The molecular weight excluding hydrogens is 204 g/mol. The second-order valence-electron chi connectivity index (χ2n) is 4.04. The SMILES string of the molecule is ONCc1cccc(CN2CCOCC2)c1. The number of morpholine rings is 1. The number of benzene rings is 1. The quantitative estimate of drug-likeness (QED) is 0.746. The van der Waals surface area contributed by atoms with E-state index in [1.54, 1.807) is 0 Å². The monoisotopic (exact) mass is 222 g/mol. The lowest BCUT2D eigenvalue weighted by Gasteiger charge is -2.26. The molecular formula is C12H18N2O2. The molecule has 0 aliphatic carbocycles. The van der Waals surface area contributed by atoms with Crippen LogP contribution in [-0.4, -0.2) is 36.4 Å². The molecule has 0 radical (unpaired) electrons. The molecule has 1 heterocycles. The molecule has 0 spiro atoms. The average Bonchev–Trinajstić information content (AvgIpc) is 2.31. The summed E-state index contributed by atoms with van der Waals surface area (Å²) in [6.07, 6.45) is 0. The van der Waals surface area contributed by atoms with Gasteiger partial charge in [0.2, 0.25) is 0 Å². The highest BCUT2D eigenvalue weighted by molar-refractivity contribution is 5.23. The summed E-state index contributed by atoms with van der Waals surface area (Å²) in [4.78, 5) is 2.38. The van der Waals surface area contributed by atoms with Gasteiger partial charge in [0.05, 0.1) is 13.2 Å². The first-order valence-electron chi connectivity index (χ1n) is 5.63. The van der Waals surface area contributed by atoms with Crippen LogP contribution >= 0.6 is 0 Å². The van der Waals surface area contributed by atoms with Crippen molar-refractivity contribution < 1.29 is 9.94 Å². The van der Waals surface area contributed by atoms with Crippen molar-refractivity contribution in [2.45, 2.75) is 13.1 Å². The summed E-state index contributed by atoms with van der Waals surface area (Å²) in [5.74, 6) is 0. The van der Waals surface area contributed by atoms with Crippen LogP contribution in [0.25, 0.3) is 0 Å². The zero-order valence-electron chi connectivity index (χ0n) is 9.35. The fourth-order valence-corrected chi connectivity index (χ4v) is 1.95. The van der Waals surface area contributed by atoms with E-state index < -0.39 is 0 Å². The van der Waals surface area contributed by atoms with Gasteiger partial charge >= 0.3 is 0 Å². The normalized spacial score (nSPS) is 17.6. The third-order valence-electron chi connectivity index (χ3n) is 2.78. The number of ether oxygens (including phenoxy) is 1. The molecule has 0 unspecified atom stereocenters. The zero-order chi connectivity index (χ0) is 11.2. The summed E-state index contributed by atoms with van der Waals surface area (Å²) in [6, 6.07) is 8.28. The second-order valence-corrected chi connectivity index (χ2v) is 4.04. The Hall–Kier alpha value is -0.940. The predicted octanol–water partition coefficient (Wildman–Crippen LogP) is 0.998. The van der Waals surface area contributed by atoms with Gasteiger partial charge in [-0.3, -0.25) is 4.90 Å². The molecule has 88 valence electrons. The Bertz CT molecular complexity index is 325. The number of nitrogens with one attached hydrogen (secondary N) is 1. The third-order valence-corrected chi connectivity index (χ3v) is 2.78. The number of rotatable bonds is 4. The molecule has 4 nitrogen and oxygen atoms in total. The Balaban J connectivity index is 1.94. The Morgan fingerprint density at radius 2 is 2.00 bits per heavy atom. The molecule has 0 bridgehead atoms. The highest BCUT2D eigenvalue weighted by Crippen LogP contribution is 2.09. The molecule has 4 heteroatoms. The molecule has 0 amide bonds. The zero-order valence-corrected chi connectivity index (χ0v) is 9.35. The average molecular weight is 222 g/mol. The topological polar surface area (TPSA) is 44.7 Å². The smallest absolute Gasteiger partial charge is 0.0594 e. The summed E-state index contributed by atoms with van der Waals surface area (Å²) < 4.78 is 5.31. The molecule has 0 atom stereocenters. The lowest BCUT2D eigenvalue weighted by molar-refractivity contribution is 0.0342. The van der Waals surface area contributed by atoms with Crippen LogP contribution < -0.4 is 5.48 Å². The van der Waals surface area contributed by atoms with Crippen molar-refractivity contribution in [1.82, 2.24) is 10.4 Å². The van der Waals surface area contributed by atoms with Crippen LogP contribution in [0, 0.1) is 0 Å². The molecule has 1 saturated heterocycles. The van der Waals surface area contributed by atoms with Gasteiger partial charge in [0, 0.05) is 26.2 Å². The Labute approximate surface area is 95.8 Å². The molecule has 0 saturated carbocycles. The third kappa shape index (κ3) is 3.28. The Morgan fingerprint density at radius 1 is 1.25 bits per heavy atom. The molecule has 1 aliphatic heterocycles. The lowest BCUT2D eigenvalue weighted by atomic mass is 10.1. The summed E-state index contributed by atoms with van der Waals surface area (Å²) >= 11 is 0. The van der Waals surface area contributed by atoms with E-state index in [0.717, 1.165) is 38.4 Å². The van der Waals surface area contributed by atoms with E-state index in [9.17, 15) is 0 Å². The van der Waals surface area contributed by atoms with Crippen LogP contribution in [0.3, 0.4) is 0 Å². The van der Waals surface area contributed by atoms with Crippen LogP contribution in [-0.2, 0) is 17.8 Å². The highest BCUT2D eigenvalue weighted by Gasteiger charge is 2.10. The molecule has 2 rings (SSSR count). The van der Waals surface area contributed by atoms with E-state index in [-0.39, 0.29) is 0 Å². The minimum atomic E-state index is 0.497. The van der Waals surface area contributed by atoms with E-state index >= 15 is 0 Å². The molecule has 16 heavy (non-hydrogen) atoms. The maximum atomic E-state index is 8.66. The van der Waals surface area contributed by atoms with E-state index in [0.29, 0.717) is 6.54 Å². The number of hydroxylamine groups is 1. The fraction of sp³-hybridized carbons (Fsp3) is 0.500. The minimum Gasteiger partial charge on any atom is -0.379 e. The van der Waals surface area contributed by atoms with E-state index in [1.165, 1.54) is 5.56 Å². The Morgan fingerprint density at radius 3 is 2.75 bits per heavy atom. The van der Waals surface area contributed by atoms with Gasteiger partial charge in [-0.05, 0) is 11.1 Å².